The van der Waals surface area contributed by atoms with Crippen LogP contribution in [0.4, 0.5) is 5.69 Å². The number of carbonyl (C=O) groups excluding carboxylic acids is 4. The van der Waals surface area contributed by atoms with Gasteiger partial charge in [-0.2, -0.15) is 0 Å². The second kappa shape index (κ2) is 8.95. The predicted molar refractivity (Wildman–Crippen MR) is 89.7 cm³/mol. The van der Waals surface area contributed by atoms with Crippen molar-refractivity contribution in [3.63, 3.8) is 0 Å². The lowest BCUT2D eigenvalue weighted by atomic mass is 10.1. The summed E-state index contributed by atoms with van der Waals surface area (Å²) in [6, 6.07) is 3.90. The molecule has 2 rings (SSSR count). The van der Waals surface area contributed by atoms with Crippen LogP contribution in [-0.4, -0.2) is 57.2 Å². The van der Waals surface area contributed by atoms with Crippen molar-refractivity contribution < 1.29 is 33.4 Å². The number of esters is 2. The fourth-order valence-corrected chi connectivity index (χ4v) is 2.45. The van der Waals surface area contributed by atoms with Gasteiger partial charge in [-0.05, 0) is 31.0 Å². The summed E-state index contributed by atoms with van der Waals surface area (Å²) in [5, 5.41) is 4.79. The first kappa shape index (κ1) is 19.4. The number of ether oxygens (including phenoxy) is 3. The summed E-state index contributed by atoms with van der Waals surface area (Å²) in [4.78, 5) is 47.5. The molecule has 1 unspecified atom stereocenters. The van der Waals surface area contributed by atoms with E-state index in [4.69, 9.17) is 4.74 Å². The Morgan fingerprint density at radius 1 is 1.12 bits per heavy atom. The molecule has 9 heteroatoms. The zero-order valence-corrected chi connectivity index (χ0v) is 14.5. The second-order valence-electron chi connectivity index (χ2n) is 5.54. The molecule has 1 fully saturated rings. The van der Waals surface area contributed by atoms with Crippen molar-refractivity contribution in [3.8, 4) is 0 Å². The fourth-order valence-electron chi connectivity index (χ4n) is 2.45. The Labute approximate surface area is 150 Å². The van der Waals surface area contributed by atoms with Gasteiger partial charge >= 0.3 is 23.8 Å². The fraction of sp³-hybridized carbons (Fsp3) is 0.412. The van der Waals surface area contributed by atoms with E-state index >= 15 is 0 Å². The van der Waals surface area contributed by atoms with Crippen LogP contribution >= 0.6 is 0 Å². The summed E-state index contributed by atoms with van der Waals surface area (Å²) in [7, 11) is 2.38. The molecule has 0 spiro atoms. The Morgan fingerprint density at radius 3 is 2.46 bits per heavy atom. The average Bonchev–Trinajstić information content (AvgIpc) is 3.18. The first-order chi connectivity index (χ1) is 12.5. The first-order valence-electron chi connectivity index (χ1n) is 7.97. The van der Waals surface area contributed by atoms with Gasteiger partial charge in [-0.15, -0.1) is 0 Å². The molecule has 2 amide bonds. The molecule has 1 aromatic rings. The molecule has 1 atom stereocenters. The molecule has 2 N–H and O–H groups in total. The van der Waals surface area contributed by atoms with Gasteiger partial charge in [0.15, 0.2) is 0 Å². The molecule has 1 aliphatic heterocycles. The van der Waals surface area contributed by atoms with E-state index in [0.29, 0.717) is 6.61 Å². The normalized spacial score (nSPS) is 15.8. The van der Waals surface area contributed by atoms with Crippen LogP contribution in [-0.2, 0) is 23.8 Å². The molecule has 9 nitrogen and oxygen atoms in total. The minimum absolute atomic E-state index is 0.000398. The van der Waals surface area contributed by atoms with Crippen molar-refractivity contribution in [2.75, 3.05) is 32.7 Å². The molecule has 0 radical (unpaired) electrons. The van der Waals surface area contributed by atoms with Crippen LogP contribution in [0.15, 0.2) is 18.2 Å². The number of hydrogen-bond donors (Lipinski definition) is 2. The van der Waals surface area contributed by atoms with Gasteiger partial charge in [-0.3, -0.25) is 9.59 Å². The van der Waals surface area contributed by atoms with Crippen molar-refractivity contribution >= 4 is 29.4 Å². The molecule has 0 aromatic heterocycles. The monoisotopic (exact) mass is 364 g/mol. The largest absolute Gasteiger partial charge is 0.465 e. The Kier molecular flexibility index (Phi) is 6.67. The lowest BCUT2D eigenvalue weighted by Crippen LogP contribution is -2.39. The summed E-state index contributed by atoms with van der Waals surface area (Å²) in [6.45, 7) is 0.855. The highest BCUT2D eigenvalue weighted by Crippen LogP contribution is 2.20. The molecule has 0 bridgehead atoms. The van der Waals surface area contributed by atoms with E-state index in [2.05, 4.69) is 20.1 Å². The summed E-state index contributed by atoms with van der Waals surface area (Å²) in [6.07, 6.45) is 1.62. The van der Waals surface area contributed by atoms with E-state index in [9.17, 15) is 19.2 Å². The number of anilines is 1. The number of amides is 2. The lowest BCUT2D eigenvalue weighted by Gasteiger charge is -2.13. The smallest absolute Gasteiger partial charge is 0.339 e. The van der Waals surface area contributed by atoms with Gasteiger partial charge in [0.2, 0.25) is 0 Å². The standard InChI is InChI=1S/C17H20N2O7/c1-24-16(22)10-5-6-12(17(23)25-2)13(8-10)19-15(21)14(20)18-9-11-4-3-7-26-11/h5-6,8,11H,3-4,7,9H2,1-2H3,(H,18,20)(H,19,21). The van der Waals surface area contributed by atoms with Gasteiger partial charge in [0.05, 0.1) is 37.1 Å². The number of hydrogen-bond acceptors (Lipinski definition) is 7. The molecule has 0 saturated carbocycles. The van der Waals surface area contributed by atoms with Gasteiger partial charge < -0.3 is 24.8 Å². The maximum Gasteiger partial charge on any atom is 0.339 e. The van der Waals surface area contributed by atoms with E-state index in [0.717, 1.165) is 12.8 Å². The van der Waals surface area contributed by atoms with Crippen LogP contribution in [0.5, 0.6) is 0 Å². The number of methoxy groups -OCH3 is 2. The third kappa shape index (κ3) is 4.79. The van der Waals surface area contributed by atoms with Crippen molar-refractivity contribution in [1.29, 1.82) is 0 Å². The van der Waals surface area contributed by atoms with Crippen LogP contribution < -0.4 is 10.6 Å². The Hall–Kier alpha value is -2.94. The Balaban J connectivity index is 2.11. The molecule has 1 heterocycles. The highest BCUT2D eigenvalue weighted by molar-refractivity contribution is 6.40. The Bertz CT molecular complexity index is 711. The van der Waals surface area contributed by atoms with Crippen molar-refractivity contribution in [2.45, 2.75) is 18.9 Å². The molecule has 0 aliphatic carbocycles. The lowest BCUT2D eigenvalue weighted by molar-refractivity contribution is -0.136. The zero-order chi connectivity index (χ0) is 19.1. The maximum atomic E-state index is 12.1. The van der Waals surface area contributed by atoms with E-state index < -0.39 is 23.8 Å². The molecule has 26 heavy (non-hydrogen) atoms. The van der Waals surface area contributed by atoms with E-state index in [1.54, 1.807) is 0 Å². The summed E-state index contributed by atoms with van der Waals surface area (Å²) >= 11 is 0. The zero-order valence-electron chi connectivity index (χ0n) is 14.5. The van der Waals surface area contributed by atoms with Crippen LogP contribution in [0.3, 0.4) is 0 Å². The highest BCUT2D eigenvalue weighted by Gasteiger charge is 2.22. The summed E-state index contributed by atoms with van der Waals surface area (Å²) in [5.74, 6) is -3.23. The quantitative estimate of drug-likeness (QED) is 0.576. The van der Waals surface area contributed by atoms with E-state index in [1.807, 2.05) is 0 Å². The number of carbonyl (C=O) groups is 4. The first-order valence-corrected chi connectivity index (χ1v) is 7.97. The van der Waals surface area contributed by atoms with Crippen molar-refractivity contribution in [2.24, 2.45) is 0 Å². The van der Waals surface area contributed by atoms with Gasteiger partial charge in [-0.1, -0.05) is 0 Å². The van der Waals surface area contributed by atoms with Crippen LogP contribution in [0.1, 0.15) is 33.6 Å². The minimum Gasteiger partial charge on any atom is -0.465 e. The number of benzene rings is 1. The topological polar surface area (TPSA) is 120 Å². The van der Waals surface area contributed by atoms with E-state index in [-0.39, 0.29) is 29.5 Å². The van der Waals surface area contributed by atoms with Crippen LogP contribution in [0.25, 0.3) is 0 Å². The molecule has 140 valence electrons. The van der Waals surface area contributed by atoms with Crippen LogP contribution in [0.2, 0.25) is 0 Å². The second-order valence-corrected chi connectivity index (χ2v) is 5.54. The number of nitrogens with one attached hydrogen (secondary N) is 2. The SMILES string of the molecule is COC(=O)c1ccc(C(=O)OC)c(NC(=O)C(=O)NCC2CCCO2)c1. The molecule has 1 saturated heterocycles. The van der Waals surface area contributed by atoms with E-state index in [1.165, 1.54) is 32.4 Å². The molecule has 1 aliphatic rings. The third-order valence-corrected chi connectivity index (χ3v) is 3.81. The minimum atomic E-state index is -0.977. The molecule has 1 aromatic carbocycles. The molecular weight excluding hydrogens is 344 g/mol. The van der Waals surface area contributed by atoms with Gasteiger partial charge in [0.25, 0.3) is 0 Å². The van der Waals surface area contributed by atoms with Gasteiger partial charge in [-0.25, -0.2) is 9.59 Å². The van der Waals surface area contributed by atoms with Crippen molar-refractivity contribution in [3.05, 3.63) is 29.3 Å². The number of rotatable bonds is 5. The Morgan fingerprint density at radius 2 is 1.85 bits per heavy atom. The van der Waals surface area contributed by atoms with Gasteiger partial charge in [0.1, 0.15) is 0 Å². The predicted octanol–water partition coefficient (Wildman–Crippen LogP) is 0.493. The summed E-state index contributed by atoms with van der Waals surface area (Å²) in [5.41, 5.74) is 0.0765. The van der Waals surface area contributed by atoms with Crippen LogP contribution in [0, 0.1) is 0 Å². The van der Waals surface area contributed by atoms with Crippen molar-refractivity contribution in [1.82, 2.24) is 5.32 Å². The average molecular weight is 364 g/mol. The van der Waals surface area contributed by atoms with Gasteiger partial charge in [0, 0.05) is 13.2 Å². The molecular formula is C17H20N2O7. The highest BCUT2D eigenvalue weighted by atomic mass is 16.5. The third-order valence-electron chi connectivity index (χ3n) is 3.81. The maximum absolute atomic E-state index is 12.1. The summed E-state index contributed by atoms with van der Waals surface area (Å²) < 4.78 is 14.6.